The first-order chi connectivity index (χ1) is 20.1. The van der Waals surface area contributed by atoms with Gasteiger partial charge in [-0.05, 0) is 55.9 Å². The number of nitrogens with one attached hydrogen (secondary N) is 1. The van der Waals surface area contributed by atoms with E-state index in [-0.39, 0.29) is 48.1 Å². The molecule has 1 amide bonds. The smallest absolute Gasteiger partial charge is 0.343 e. The first-order valence-corrected chi connectivity index (χ1v) is 15.6. The van der Waals surface area contributed by atoms with Gasteiger partial charge in [0.2, 0.25) is 5.91 Å². The third-order valence-corrected chi connectivity index (χ3v) is 9.87. The van der Waals surface area contributed by atoms with Crippen LogP contribution in [0.2, 0.25) is 0 Å². The summed E-state index contributed by atoms with van der Waals surface area (Å²) in [5.41, 5.74) is 2.05. The van der Waals surface area contributed by atoms with Gasteiger partial charge in [-0.1, -0.05) is 6.92 Å². The van der Waals surface area contributed by atoms with E-state index >= 15 is 4.39 Å². The number of aromatic nitrogens is 2. The highest BCUT2D eigenvalue weighted by atomic mass is 32.2. The number of nitrogens with zero attached hydrogens (tertiary/aromatic N) is 2. The Hall–Kier alpha value is -3.48. The van der Waals surface area contributed by atoms with Gasteiger partial charge in [0, 0.05) is 45.7 Å². The minimum Gasteiger partial charge on any atom is -0.458 e. The Labute approximate surface area is 243 Å². The summed E-state index contributed by atoms with van der Waals surface area (Å²) >= 11 is 0. The third-order valence-electron chi connectivity index (χ3n) is 8.66. The molecule has 12 heteroatoms. The summed E-state index contributed by atoms with van der Waals surface area (Å²) in [6, 6.07) is 2.50. The van der Waals surface area contributed by atoms with E-state index in [1.54, 1.807) is 19.9 Å². The number of esters is 1. The Morgan fingerprint density at radius 3 is 2.81 bits per heavy atom. The molecule has 0 bridgehead atoms. The highest BCUT2D eigenvalue weighted by Crippen LogP contribution is 2.45. The van der Waals surface area contributed by atoms with Crippen LogP contribution >= 0.6 is 0 Å². The molecule has 10 nitrogen and oxygen atoms in total. The number of rotatable bonds is 8. The average Bonchev–Trinajstić information content (AvgIpc) is 3.33. The van der Waals surface area contributed by atoms with Crippen LogP contribution in [0.1, 0.15) is 66.1 Å². The van der Waals surface area contributed by atoms with Gasteiger partial charge in [0.15, 0.2) is 5.60 Å². The third kappa shape index (κ3) is 4.38. The molecule has 0 radical (unpaired) electrons. The van der Waals surface area contributed by atoms with Crippen LogP contribution in [0.25, 0.3) is 22.3 Å². The number of halogens is 1. The lowest BCUT2D eigenvalue weighted by atomic mass is 9.81. The van der Waals surface area contributed by atoms with Crippen LogP contribution in [0.15, 0.2) is 16.9 Å². The van der Waals surface area contributed by atoms with Gasteiger partial charge >= 0.3 is 5.97 Å². The van der Waals surface area contributed by atoms with Crippen LogP contribution in [0, 0.1) is 12.7 Å². The number of fused-ring (bicyclic) bond motifs is 5. The van der Waals surface area contributed by atoms with Crippen LogP contribution in [-0.2, 0) is 55.0 Å². The van der Waals surface area contributed by atoms with E-state index in [1.165, 1.54) is 10.6 Å². The number of ether oxygens (including phenoxy) is 2. The molecule has 3 atom stereocenters. The maximum atomic E-state index is 15.1. The van der Waals surface area contributed by atoms with Crippen molar-refractivity contribution in [2.75, 3.05) is 24.7 Å². The maximum absolute atomic E-state index is 15.1. The summed E-state index contributed by atoms with van der Waals surface area (Å²) in [5, 5.41) is 15.0. The standard InChI is InChI=1S/C30H32FN3O7S/c1-4-30(38)19-10-23-27-17(12-34(23)28(36)18(19)13-41-29(30)37)26-21(32-24(35)14-42(39)9-8-40-5-2)7-6-16-15(3)20(31)11-22(33-27)25(16)26/h10-11,21,38H,4-9,12-14H2,1-3H3,(H,32,35)/t21-,30-,42?/m0/s1. The van der Waals surface area contributed by atoms with Gasteiger partial charge in [0.05, 0.1) is 41.7 Å². The number of hydrogen-bond donors (Lipinski definition) is 2. The van der Waals surface area contributed by atoms with E-state index in [4.69, 9.17) is 14.5 Å². The van der Waals surface area contributed by atoms with Crippen molar-refractivity contribution in [2.24, 2.45) is 0 Å². The Kier molecular flexibility index (Phi) is 7.27. The number of hydrogen-bond acceptors (Lipinski definition) is 8. The fourth-order valence-corrected chi connectivity index (χ4v) is 7.27. The van der Waals surface area contributed by atoms with Gasteiger partial charge in [-0.25, -0.2) is 14.2 Å². The second kappa shape index (κ2) is 10.7. The van der Waals surface area contributed by atoms with E-state index in [0.717, 1.165) is 16.5 Å². The first kappa shape index (κ1) is 28.6. The molecular formula is C30H32FN3O7S. The molecular weight excluding hydrogens is 565 g/mol. The highest BCUT2D eigenvalue weighted by Gasteiger charge is 2.46. The molecule has 1 aromatic carbocycles. The SMILES string of the molecule is CCOCCS(=O)CC(=O)N[C@H]1CCc2c(C)c(F)cc3nc4c(c1c23)Cn1c-4cc2c(c1=O)COC(=O)[C@]2(O)CC. The Bertz CT molecular complexity index is 1750. The molecule has 0 spiro atoms. The van der Waals surface area contributed by atoms with Gasteiger partial charge in [-0.3, -0.25) is 13.8 Å². The number of aryl methyl sites for hydroxylation is 1. The van der Waals surface area contributed by atoms with Crippen molar-refractivity contribution in [3.8, 4) is 11.4 Å². The summed E-state index contributed by atoms with van der Waals surface area (Å²) in [4.78, 5) is 44.1. The monoisotopic (exact) mass is 597 g/mol. The van der Waals surface area contributed by atoms with Crippen LogP contribution in [0.4, 0.5) is 4.39 Å². The Morgan fingerprint density at radius 2 is 2.07 bits per heavy atom. The zero-order valence-electron chi connectivity index (χ0n) is 23.7. The van der Waals surface area contributed by atoms with E-state index < -0.39 is 39.8 Å². The fourth-order valence-electron chi connectivity index (χ4n) is 6.45. The molecule has 1 aliphatic carbocycles. The topological polar surface area (TPSA) is 137 Å². The summed E-state index contributed by atoms with van der Waals surface area (Å²) in [7, 11) is -1.40. The highest BCUT2D eigenvalue weighted by molar-refractivity contribution is 7.85. The summed E-state index contributed by atoms with van der Waals surface area (Å²) in [6.45, 7) is 5.90. The quantitative estimate of drug-likeness (QED) is 0.234. The van der Waals surface area contributed by atoms with Gasteiger partial charge in [-0.15, -0.1) is 0 Å². The van der Waals surface area contributed by atoms with Crippen molar-refractivity contribution in [1.82, 2.24) is 14.9 Å². The molecule has 0 saturated carbocycles. The van der Waals surface area contributed by atoms with E-state index in [0.29, 0.717) is 54.1 Å². The van der Waals surface area contributed by atoms with Crippen molar-refractivity contribution < 1.29 is 32.8 Å². The Morgan fingerprint density at radius 1 is 1.29 bits per heavy atom. The fraction of sp³-hybridized carbons (Fsp3) is 0.467. The summed E-state index contributed by atoms with van der Waals surface area (Å²) in [6.07, 6.45) is 1.01. The van der Waals surface area contributed by atoms with Gasteiger partial charge < -0.3 is 24.5 Å². The molecule has 222 valence electrons. The molecule has 4 heterocycles. The Balaban J connectivity index is 1.48. The summed E-state index contributed by atoms with van der Waals surface area (Å²) < 4.78 is 39.5. The van der Waals surface area contributed by atoms with E-state index in [2.05, 4.69) is 5.32 Å². The van der Waals surface area contributed by atoms with E-state index in [9.17, 15) is 23.7 Å². The molecule has 0 fully saturated rings. The second-order valence-corrected chi connectivity index (χ2v) is 12.5. The number of amides is 1. The van der Waals surface area contributed by atoms with Gasteiger partial charge in [0.1, 0.15) is 18.2 Å². The molecule has 42 heavy (non-hydrogen) atoms. The number of pyridine rings is 2. The van der Waals surface area contributed by atoms with Crippen LogP contribution in [0.3, 0.4) is 0 Å². The zero-order valence-corrected chi connectivity index (χ0v) is 24.5. The minimum atomic E-state index is -1.97. The largest absolute Gasteiger partial charge is 0.458 e. The normalized spacial score (nSPS) is 21.0. The molecule has 6 rings (SSSR count). The van der Waals surface area contributed by atoms with E-state index in [1.807, 2.05) is 6.92 Å². The van der Waals surface area contributed by atoms with Crippen LogP contribution in [-0.4, -0.2) is 55.5 Å². The molecule has 2 aromatic heterocycles. The van der Waals surface area contributed by atoms with Crippen LogP contribution in [0.5, 0.6) is 0 Å². The lowest BCUT2D eigenvalue weighted by molar-refractivity contribution is -0.172. The lowest BCUT2D eigenvalue weighted by Crippen LogP contribution is -2.44. The lowest BCUT2D eigenvalue weighted by Gasteiger charge is -2.31. The van der Waals surface area contributed by atoms with Crippen LogP contribution < -0.4 is 10.9 Å². The first-order valence-electron chi connectivity index (χ1n) is 14.1. The van der Waals surface area contributed by atoms with Gasteiger partial charge in [-0.2, -0.15) is 0 Å². The minimum absolute atomic E-state index is 0.0128. The molecule has 3 aromatic rings. The number of aliphatic hydroxyl groups is 1. The molecule has 3 aliphatic rings. The zero-order chi connectivity index (χ0) is 29.9. The number of carbonyl (C=O) groups excluding carboxylic acids is 2. The van der Waals surface area contributed by atoms with Crippen molar-refractivity contribution in [1.29, 1.82) is 0 Å². The molecule has 1 unspecified atom stereocenters. The van der Waals surface area contributed by atoms with Crippen molar-refractivity contribution >= 4 is 33.6 Å². The van der Waals surface area contributed by atoms with Crippen molar-refractivity contribution in [3.63, 3.8) is 0 Å². The average molecular weight is 598 g/mol. The molecule has 2 N–H and O–H groups in total. The second-order valence-electron chi connectivity index (χ2n) is 11.0. The molecule has 0 saturated heterocycles. The number of benzene rings is 1. The predicted molar refractivity (Wildman–Crippen MR) is 153 cm³/mol. The summed E-state index contributed by atoms with van der Waals surface area (Å²) in [5.74, 6) is -1.51. The van der Waals surface area contributed by atoms with Gasteiger partial charge in [0.25, 0.3) is 5.56 Å². The molecule has 2 aliphatic heterocycles. The number of carbonyl (C=O) groups is 2. The van der Waals surface area contributed by atoms with Crippen molar-refractivity contribution in [2.45, 2.75) is 64.8 Å². The maximum Gasteiger partial charge on any atom is 0.343 e. The predicted octanol–water partition coefficient (Wildman–Crippen LogP) is 2.42. The van der Waals surface area contributed by atoms with Crippen molar-refractivity contribution in [3.05, 3.63) is 61.7 Å². The number of cyclic esters (lactones) is 1.